The molecule has 0 unspecified atom stereocenters. The Morgan fingerprint density at radius 1 is 1.16 bits per heavy atom. The number of fused-ring (bicyclic) bond motifs is 1. The Morgan fingerprint density at radius 2 is 2.00 bits per heavy atom. The molecule has 0 radical (unpaired) electrons. The summed E-state index contributed by atoms with van der Waals surface area (Å²) in [5, 5.41) is 28.8. The molecule has 0 saturated heterocycles. The van der Waals surface area contributed by atoms with Crippen molar-refractivity contribution in [2.75, 3.05) is 0 Å². The summed E-state index contributed by atoms with van der Waals surface area (Å²) in [5.41, 5.74) is 9.88. The number of aromatic nitrogens is 6. The second-order valence-electron chi connectivity index (χ2n) is 8.21. The van der Waals surface area contributed by atoms with Crippen molar-refractivity contribution in [1.82, 2.24) is 29.5 Å². The zero-order valence-electron chi connectivity index (χ0n) is 17.6. The highest BCUT2D eigenvalue weighted by Crippen LogP contribution is 2.46. The molecule has 1 aliphatic rings. The number of hydrogen-bond donors (Lipinski definition) is 1. The lowest BCUT2D eigenvalue weighted by Crippen LogP contribution is -2.46. The van der Waals surface area contributed by atoms with E-state index in [1.54, 1.807) is 10.9 Å². The van der Waals surface area contributed by atoms with Gasteiger partial charge in [0, 0.05) is 31.4 Å². The van der Waals surface area contributed by atoms with Crippen molar-refractivity contribution in [2.45, 2.75) is 31.3 Å². The van der Waals surface area contributed by atoms with Crippen LogP contribution in [0.25, 0.3) is 33.7 Å². The molecule has 4 aromatic heterocycles. The fourth-order valence-electron chi connectivity index (χ4n) is 4.45. The van der Waals surface area contributed by atoms with Crippen LogP contribution in [0.15, 0.2) is 42.7 Å². The van der Waals surface area contributed by atoms with E-state index in [0.717, 1.165) is 22.3 Å². The summed E-state index contributed by atoms with van der Waals surface area (Å²) in [7, 11) is 1.86. The second kappa shape index (κ2) is 7.56. The lowest BCUT2D eigenvalue weighted by Gasteiger charge is -2.43. The van der Waals surface area contributed by atoms with Crippen LogP contribution < -0.4 is 5.73 Å². The standard InChI is InChI=1S/C23H21N9/c1-31-16(14-26)9-21(29-31)20-10-19-17(3-2-7-27-19)22(28-20)18-4-8-32(30-18)23(5-6-24)11-15(12-23)13-25/h2-4,7-10,15H,5,11-12,14,26H2,1H3/t15-,23-. The van der Waals surface area contributed by atoms with Gasteiger partial charge in [0.2, 0.25) is 0 Å². The fraction of sp³-hybridized carbons (Fsp3) is 0.304. The topological polar surface area (TPSA) is 135 Å². The Labute approximate surface area is 184 Å². The van der Waals surface area contributed by atoms with Crippen molar-refractivity contribution < 1.29 is 0 Å². The van der Waals surface area contributed by atoms with Crippen LogP contribution in [0, 0.1) is 28.6 Å². The summed E-state index contributed by atoms with van der Waals surface area (Å²) >= 11 is 0. The van der Waals surface area contributed by atoms with Gasteiger partial charge in [-0.25, -0.2) is 4.98 Å². The van der Waals surface area contributed by atoms with Gasteiger partial charge in [-0.1, -0.05) is 0 Å². The Hall–Kier alpha value is -4.08. The zero-order valence-corrected chi connectivity index (χ0v) is 17.6. The van der Waals surface area contributed by atoms with Crippen molar-refractivity contribution in [3.63, 3.8) is 0 Å². The van der Waals surface area contributed by atoms with Crippen LogP contribution in [-0.2, 0) is 19.1 Å². The van der Waals surface area contributed by atoms with Crippen LogP contribution >= 0.6 is 0 Å². The number of nitriles is 2. The molecule has 1 saturated carbocycles. The highest BCUT2D eigenvalue weighted by molar-refractivity contribution is 5.93. The average Bonchev–Trinajstić information content (AvgIpc) is 3.42. The molecule has 0 atom stereocenters. The molecule has 0 aliphatic heterocycles. The molecule has 9 nitrogen and oxygen atoms in total. The first-order chi connectivity index (χ1) is 15.6. The summed E-state index contributed by atoms with van der Waals surface area (Å²) in [6, 6.07) is 14.1. The van der Waals surface area contributed by atoms with E-state index in [1.807, 2.05) is 48.3 Å². The first kappa shape index (κ1) is 19.9. The predicted molar refractivity (Wildman–Crippen MR) is 117 cm³/mol. The van der Waals surface area contributed by atoms with Crippen molar-refractivity contribution in [2.24, 2.45) is 18.7 Å². The van der Waals surface area contributed by atoms with E-state index in [1.165, 1.54) is 0 Å². The van der Waals surface area contributed by atoms with Crippen LogP contribution in [0.2, 0.25) is 0 Å². The predicted octanol–water partition coefficient (Wildman–Crippen LogP) is 2.90. The van der Waals surface area contributed by atoms with Crippen molar-refractivity contribution in [1.29, 1.82) is 10.5 Å². The van der Waals surface area contributed by atoms with E-state index in [0.29, 0.717) is 42.9 Å². The summed E-state index contributed by atoms with van der Waals surface area (Å²) < 4.78 is 3.59. The SMILES string of the molecule is Cn1nc(-c2cc3ncccc3c(-c3ccn([C@]4(CC#N)C[C@@H](C#N)C4)n3)n2)cc1CN. The first-order valence-electron chi connectivity index (χ1n) is 10.4. The molecule has 32 heavy (non-hydrogen) atoms. The molecule has 1 fully saturated rings. The van der Waals surface area contributed by atoms with Crippen LogP contribution in [0.5, 0.6) is 0 Å². The van der Waals surface area contributed by atoms with Gasteiger partial charge in [-0.05, 0) is 43.2 Å². The zero-order chi connectivity index (χ0) is 22.3. The van der Waals surface area contributed by atoms with Gasteiger partial charge < -0.3 is 5.73 Å². The van der Waals surface area contributed by atoms with Gasteiger partial charge in [0.15, 0.2) is 0 Å². The number of hydrogen-bond acceptors (Lipinski definition) is 7. The Bertz CT molecular complexity index is 1390. The maximum Gasteiger partial charge on any atom is 0.111 e. The van der Waals surface area contributed by atoms with Gasteiger partial charge in [-0.3, -0.25) is 14.3 Å². The van der Waals surface area contributed by atoms with Crippen molar-refractivity contribution >= 4 is 10.9 Å². The van der Waals surface area contributed by atoms with Gasteiger partial charge in [0.1, 0.15) is 17.1 Å². The minimum absolute atomic E-state index is 0.0385. The smallest absolute Gasteiger partial charge is 0.111 e. The molecular formula is C23H21N9. The van der Waals surface area contributed by atoms with Gasteiger partial charge in [0.05, 0.1) is 46.9 Å². The molecule has 0 amide bonds. The number of nitrogens with two attached hydrogens (primary N) is 1. The van der Waals surface area contributed by atoms with Crippen molar-refractivity contribution in [3.8, 4) is 34.9 Å². The third-order valence-electron chi connectivity index (χ3n) is 6.21. The fourth-order valence-corrected chi connectivity index (χ4v) is 4.45. The molecule has 5 rings (SSSR count). The van der Waals surface area contributed by atoms with Crippen LogP contribution in [-0.4, -0.2) is 29.5 Å². The van der Waals surface area contributed by atoms with E-state index in [4.69, 9.17) is 15.8 Å². The Balaban J connectivity index is 1.62. The molecular weight excluding hydrogens is 402 g/mol. The minimum Gasteiger partial charge on any atom is -0.325 e. The van der Waals surface area contributed by atoms with Crippen LogP contribution in [0.3, 0.4) is 0 Å². The quantitative estimate of drug-likeness (QED) is 0.521. The Kier molecular flexibility index (Phi) is 4.69. The molecule has 4 aromatic rings. The van der Waals surface area contributed by atoms with Crippen LogP contribution in [0.4, 0.5) is 0 Å². The molecule has 158 valence electrons. The highest BCUT2D eigenvalue weighted by atomic mass is 15.3. The van der Waals surface area contributed by atoms with E-state index in [-0.39, 0.29) is 5.92 Å². The lowest BCUT2D eigenvalue weighted by molar-refractivity contribution is 0.0884. The molecule has 4 heterocycles. The summed E-state index contributed by atoms with van der Waals surface area (Å²) in [5.74, 6) is -0.0385. The maximum absolute atomic E-state index is 9.35. The first-order valence-corrected chi connectivity index (χ1v) is 10.4. The van der Waals surface area contributed by atoms with Gasteiger partial charge >= 0.3 is 0 Å². The Morgan fingerprint density at radius 3 is 2.72 bits per heavy atom. The lowest BCUT2D eigenvalue weighted by atomic mass is 9.67. The number of aryl methyl sites for hydroxylation is 1. The summed E-state index contributed by atoms with van der Waals surface area (Å²) in [6.07, 6.45) is 5.20. The van der Waals surface area contributed by atoms with Gasteiger partial charge in [0.25, 0.3) is 0 Å². The average molecular weight is 423 g/mol. The third kappa shape index (κ3) is 3.11. The largest absolute Gasteiger partial charge is 0.325 e. The monoisotopic (exact) mass is 423 g/mol. The number of nitrogens with zero attached hydrogens (tertiary/aromatic N) is 8. The van der Waals surface area contributed by atoms with E-state index in [9.17, 15) is 10.5 Å². The molecule has 1 aliphatic carbocycles. The third-order valence-corrected chi connectivity index (χ3v) is 6.21. The molecule has 0 spiro atoms. The van der Waals surface area contributed by atoms with Gasteiger partial charge in [-0.15, -0.1) is 0 Å². The molecule has 2 N–H and O–H groups in total. The highest BCUT2D eigenvalue weighted by Gasteiger charge is 2.46. The maximum atomic E-state index is 9.35. The second-order valence-corrected chi connectivity index (χ2v) is 8.21. The summed E-state index contributed by atoms with van der Waals surface area (Å²) in [6.45, 7) is 0.386. The van der Waals surface area contributed by atoms with E-state index >= 15 is 0 Å². The van der Waals surface area contributed by atoms with Gasteiger partial charge in [-0.2, -0.15) is 20.7 Å². The summed E-state index contributed by atoms with van der Waals surface area (Å²) in [4.78, 5) is 9.42. The molecule has 0 bridgehead atoms. The van der Waals surface area contributed by atoms with Crippen LogP contribution in [0.1, 0.15) is 25.0 Å². The van der Waals surface area contributed by atoms with E-state index in [2.05, 4.69) is 22.2 Å². The number of rotatable bonds is 5. The molecule has 9 heteroatoms. The van der Waals surface area contributed by atoms with E-state index < -0.39 is 5.54 Å². The minimum atomic E-state index is -0.434. The van der Waals surface area contributed by atoms with Crippen molar-refractivity contribution in [3.05, 3.63) is 48.4 Å². The molecule has 0 aromatic carbocycles. The normalized spacial score (nSPS) is 19.9. The number of pyridine rings is 2.